The van der Waals surface area contributed by atoms with Gasteiger partial charge in [-0.1, -0.05) is 179 Å². The average Bonchev–Trinajstić information content (AvgIpc) is 3.29. The maximum Gasteiger partial charge on any atom is 0.306 e. The number of nitrogens with zero attached hydrogens (tertiary/aromatic N) is 1. The van der Waals surface area contributed by atoms with Gasteiger partial charge in [-0.3, -0.25) is 9.36 Å². The van der Waals surface area contributed by atoms with Gasteiger partial charge in [0.25, 0.3) is 7.82 Å². The molecule has 0 aromatic carbocycles. The minimum atomic E-state index is -4.56. The van der Waals surface area contributed by atoms with Crippen LogP contribution in [0, 0.1) is 0 Å². The van der Waals surface area contributed by atoms with E-state index in [4.69, 9.17) is 18.5 Å². The number of carbonyl (C=O) groups is 1. The number of likely N-dealkylation sites (N-methyl/N-ethyl adjacent to an activating group) is 1. The second-order valence-electron chi connectivity index (χ2n) is 17.4. The Labute approximate surface area is 410 Å². The highest BCUT2D eigenvalue weighted by molar-refractivity contribution is 7.45. The number of hydrogen-bond acceptors (Lipinski definition) is 7. The molecule has 0 saturated carbocycles. The van der Waals surface area contributed by atoms with Crippen LogP contribution in [0.1, 0.15) is 155 Å². The molecule has 9 heteroatoms. The lowest BCUT2D eigenvalue weighted by atomic mass is 10.1. The van der Waals surface area contributed by atoms with Crippen molar-refractivity contribution in [2.45, 2.75) is 161 Å². The molecule has 67 heavy (non-hydrogen) atoms. The van der Waals surface area contributed by atoms with Gasteiger partial charge in [-0.05, 0) is 116 Å². The number of unbranched alkanes of at least 4 members (excludes halogenated alkanes) is 7. The molecule has 8 nitrogen and oxygen atoms in total. The molecule has 0 fully saturated rings. The van der Waals surface area contributed by atoms with Gasteiger partial charge in [0.2, 0.25) is 0 Å². The largest absolute Gasteiger partial charge is 0.756 e. The van der Waals surface area contributed by atoms with E-state index in [1.807, 2.05) is 21.1 Å². The number of rotatable bonds is 45. The summed E-state index contributed by atoms with van der Waals surface area (Å²) in [6, 6.07) is 0. The van der Waals surface area contributed by atoms with Crippen molar-refractivity contribution >= 4 is 13.8 Å². The number of carbonyl (C=O) groups excluding carboxylic acids is 1. The lowest BCUT2D eigenvalue weighted by Gasteiger charge is -2.28. The molecule has 0 radical (unpaired) electrons. The third-order valence-corrected chi connectivity index (χ3v) is 10.9. The minimum Gasteiger partial charge on any atom is -0.756 e. The molecule has 0 N–H and O–H groups in total. The zero-order valence-corrected chi connectivity index (χ0v) is 43.7. The van der Waals surface area contributed by atoms with E-state index in [2.05, 4.69) is 160 Å². The summed E-state index contributed by atoms with van der Waals surface area (Å²) in [6.45, 7) is 5.03. The van der Waals surface area contributed by atoms with E-state index in [9.17, 15) is 14.3 Å². The van der Waals surface area contributed by atoms with Crippen molar-refractivity contribution in [2.75, 3.05) is 54.1 Å². The number of allylic oxidation sites excluding steroid dienone is 24. The zero-order valence-electron chi connectivity index (χ0n) is 42.8. The second-order valence-corrected chi connectivity index (χ2v) is 18.8. The fourth-order valence-corrected chi connectivity index (χ4v) is 6.75. The highest BCUT2D eigenvalue weighted by atomic mass is 31.2. The van der Waals surface area contributed by atoms with Crippen LogP contribution in [0.4, 0.5) is 0 Å². The SMILES string of the molecule is CC/C=C\C/C=C\C/C=C\C/C=C\C/C=C\C/C=C\CCCCCCCOCC(COP(=O)([O-])OCC[N+](C)(C)C)OC(=O)CCCC/C=C\C/C=C\C/C=C\C/C=C\C/C=C\C/C=C\CC. The van der Waals surface area contributed by atoms with E-state index in [0.29, 0.717) is 24.1 Å². The van der Waals surface area contributed by atoms with E-state index < -0.39 is 19.9 Å². The van der Waals surface area contributed by atoms with Crippen molar-refractivity contribution in [2.24, 2.45) is 0 Å². The molecule has 0 heterocycles. The van der Waals surface area contributed by atoms with Gasteiger partial charge < -0.3 is 27.9 Å². The van der Waals surface area contributed by atoms with Gasteiger partial charge in [0.05, 0.1) is 34.4 Å². The van der Waals surface area contributed by atoms with Gasteiger partial charge in [-0.2, -0.15) is 0 Å². The van der Waals surface area contributed by atoms with Gasteiger partial charge in [-0.15, -0.1) is 0 Å². The summed E-state index contributed by atoms with van der Waals surface area (Å²) >= 11 is 0. The molecule has 378 valence electrons. The first-order valence-corrected chi connectivity index (χ1v) is 27.0. The van der Waals surface area contributed by atoms with Gasteiger partial charge >= 0.3 is 5.97 Å². The van der Waals surface area contributed by atoms with Crippen LogP contribution in [0.3, 0.4) is 0 Å². The van der Waals surface area contributed by atoms with E-state index >= 15 is 0 Å². The van der Waals surface area contributed by atoms with E-state index in [-0.39, 0.29) is 26.2 Å². The van der Waals surface area contributed by atoms with Crippen LogP contribution < -0.4 is 4.89 Å². The third kappa shape index (κ3) is 53.2. The quantitative estimate of drug-likeness (QED) is 0.0197. The Morgan fingerprint density at radius 2 is 0.821 bits per heavy atom. The van der Waals surface area contributed by atoms with Crippen LogP contribution in [-0.4, -0.2) is 70.7 Å². The molecule has 0 spiro atoms. The maximum atomic E-state index is 12.7. The molecular formula is C58H94NO7P. The predicted molar refractivity (Wildman–Crippen MR) is 286 cm³/mol. The summed E-state index contributed by atoms with van der Waals surface area (Å²) in [5.74, 6) is -0.390. The Morgan fingerprint density at radius 3 is 1.22 bits per heavy atom. The van der Waals surface area contributed by atoms with Gasteiger partial charge in [0.1, 0.15) is 19.3 Å². The Morgan fingerprint density at radius 1 is 0.463 bits per heavy atom. The Hall–Kier alpha value is -3.62. The second kappa shape index (κ2) is 48.8. The smallest absolute Gasteiger partial charge is 0.306 e. The van der Waals surface area contributed by atoms with Crippen molar-refractivity contribution in [3.05, 3.63) is 146 Å². The molecule has 2 unspecified atom stereocenters. The van der Waals surface area contributed by atoms with Crippen molar-refractivity contribution < 1.29 is 37.3 Å². The summed E-state index contributed by atoms with van der Waals surface area (Å²) in [5.41, 5.74) is 0. The van der Waals surface area contributed by atoms with Crippen LogP contribution >= 0.6 is 7.82 Å². The van der Waals surface area contributed by atoms with Crippen LogP contribution in [-0.2, 0) is 27.9 Å². The number of phosphoric acid groups is 1. The molecule has 0 bridgehead atoms. The van der Waals surface area contributed by atoms with Crippen LogP contribution in [0.15, 0.2) is 146 Å². The third-order valence-electron chi connectivity index (χ3n) is 9.89. The van der Waals surface area contributed by atoms with Crippen molar-refractivity contribution in [3.8, 4) is 0 Å². The summed E-state index contributed by atoms with van der Waals surface area (Å²) in [5, 5.41) is 0. The number of phosphoric ester groups is 1. The Kier molecular flexibility index (Phi) is 46.2. The highest BCUT2D eigenvalue weighted by Crippen LogP contribution is 2.38. The molecule has 0 aliphatic heterocycles. The molecule has 0 amide bonds. The molecule has 0 rings (SSSR count). The highest BCUT2D eigenvalue weighted by Gasteiger charge is 2.20. The molecule has 2 atom stereocenters. The number of esters is 1. The molecular weight excluding hydrogens is 854 g/mol. The van der Waals surface area contributed by atoms with Crippen LogP contribution in [0.25, 0.3) is 0 Å². The summed E-state index contributed by atoms with van der Waals surface area (Å²) in [7, 11) is 1.28. The first-order valence-electron chi connectivity index (χ1n) is 25.6. The predicted octanol–water partition coefficient (Wildman–Crippen LogP) is 15.4. The molecule has 0 aromatic heterocycles. The standard InChI is InChI=1S/C58H94NO7P/c1-6-8-10-12-14-16-18-20-22-24-26-28-29-30-32-34-36-38-40-42-44-46-48-50-53-63-55-57(56-65-67(61,62)64-54-52-59(3,4)5)66-58(60)51-49-47-45-43-41-39-37-35-33-31-27-25-23-21-19-17-15-13-11-9-7-2/h8-11,14-17,20-23,26-28,30-32,35-38,41,43,57H,6-7,12-13,18-19,24-25,29,33-34,39-40,42,44-56H2,1-5H3/b10-8-,11-9-,16-14-,17-15-,22-20-,23-21-,28-26-,31-27-,32-30-,37-35-,38-36-,43-41-. The van der Waals surface area contributed by atoms with Crippen LogP contribution in [0.5, 0.6) is 0 Å². The minimum absolute atomic E-state index is 0.00336. The number of quaternary nitrogens is 1. The van der Waals surface area contributed by atoms with Crippen molar-refractivity contribution in [3.63, 3.8) is 0 Å². The maximum absolute atomic E-state index is 12.7. The van der Waals surface area contributed by atoms with E-state index in [1.165, 1.54) is 0 Å². The number of hydrogen-bond donors (Lipinski definition) is 0. The fourth-order valence-electron chi connectivity index (χ4n) is 6.02. The summed E-state index contributed by atoms with van der Waals surface area (Å²) in [4.78, 5) is 25.2. The Bertz CT molecular complexity index is 1570. The van der Waals surface area contributed by atoms with Gasteiger partial charge in [0, 0.05) is 13.0 Å². The molecule has 0 aromatic rings. The van der Waals surface area contributed by atoms with Crippen molar-refractivity contribution in [1.82, 2.24) is 0 Å². The summed E-state index contributed by atoms with van der Waals surface area (Å²) in [6.07, 6.45) is 73.1. The van der Waals surface area contributed by atoms with Crippen LogP contribution in [0.2, 0.25) is 0 Å². The van der Waals surface area contributed by atoms with E-state index in [0.717, 1.165) is 128 Å². The lowest BCUT2D eigenvalue weighted by Crippen LogP contribution is -2.37. The molecule has 0 saturated heterocycles. The van der Waals surface area contributed by atoms with Crippen molar-refractivity contribution in [1.29, 1.82) is 0 Å². The zero-order chi connectivity index (χ0) is 49.0. The monoisotopic (exact) mass is 948 g/mol. The fraction of sp³-hybridized carbons (Fsp3) is 0.569. The first-order chi connectivity index (χ1) is 32.6. The van der Waals surface area contributed by atoms with E-state index in [1.54, 1.807) is 0 Å². The summed E-state index contributed by atoms with van der Waals surface area (Å²) < 4.78 is 34.7. The number of ether oxygens (including phenoxy) is 2. The van der Waals surface area contributed by atoms with Gasteiger partial charge in [-0.25, -0.2) is 0 Å². The average molecular weight is 948 g/mol. The Balaban J connectivity index is 4.34. The molecule has 0 aliphatic rings. The molecule has 0 aliphatic carbocycles. The first kappa shape index (κ1) is 63.4. The lowest BCUT2D eigenvalue weighted by molar-refractivity contribution is -0.870. The normalized spacial score (nSPS) is 14.8. The topological polar surface area (TPSA) is 94.1 Å². The van der Waals surface area contributed by atoms with Gasteiger partial charge in [0.15, 0.2) is 0 Å².